The Hall–Kier alpha value is -4.00. The highest BCUT2D eigenvalue weighted by atomic mass is 16.2. The monoisotopic (exact) mass is 453 g/mol. The van der Waals surface area contributed by atoms with Gasteiger partial charge >= 0.3 is 0 Å². The molecule has 2 amide bonds. The van der Waals surface area contributed by atoms with Crippen molar-refractivity contribution in [3.63, 3.8) is 0 Å². The second kappa shape index (κ2) is 9.87. The van der Waals surface area contributed by atoms with Crippen LogP contribution in [0.25, 0.3) is 11.0 Å². The molecule has 7 nitrogen and oxygen atoms in total. The smallest absolute Gasteiger partial charge is 0.252 e. The van der Waals surface area contributed by atoms with Gasteiger partial charge in [-0.05, 0) is 55.2 Å². The van der Waals surface area contributed by atoms with Gasteiger partial charge in [0.1, 0.15) is 12.4 Å². The highest BCUT2D eigenvalue weighted by Crippen LogP contribution is 2.27. The van der Waals surface area contributed by atoms with Gasteiger partial charge in [0, 0.05) is 37.6 Å². The van der Waals surface area contributed by atoms with Gasteiger partial charge in [0.15, 0.2) is 0 Å². The summed E-state index contributed by atoms with van der Waals surface area (Å²) in [7, 11) is 0. The Balaban J connectivity index is 1.30. The minimum absolute atomic E-state index is 0.0708. The zero-order valence-electron chi connectivity index (χ0n) is 19.0. The van der Waals surface area contributed by atoms with Gasteiger partial charge in [-0.25, -0.2) is 4.98 Å². The van der Waals surface area contributed by atoms with E-state index < -0.39 is 0 Å². The largest absolute Gasteiger partial charge is 0.352 e. The van der Waals surface area contributed by atoms with Crippen molar-refractivity contribution in [2.24, 2.45) is 0 Å². The number of anilines is 1. The molecule has 0 atom stereocenters. The lowest BCUT2D eigenvalue weighted by molar-refractivity contribution is -0.119. The summed E-state index contributed by atoms with van der Waals surface area (Å²) in [5.41, 5.74) is 4.62. The number of imidazole rings is 1. The second-order valence-electron chi connectivity index (χ2n) is 8.48. The molecule has 0 unspecified atom stereocenters. The average Bonchev–Trinajstić information content (AvgIpc) is 3.23. The van der Waals surface area contributed by atoms with Crippen LogP contribution in [0.3, 0.4) is 0 Å². The third kappa shape index (κ3) is 4.55. The van der Waals surface area contributed by atoms with Crippen LogP contribution < -0.4 is 10.2 Å². The molecular formula is C27H27N5O2. The van der Waals surface area contributed by atoms with Crippen molar-refractivity contribution in [3.05, 3.63) is 90.0 Å². The van der Waals surface area contributed by atoms with Gasteiger partial charge in [-0.2, -0.15) is 0 Å². The topological polar surface area (TPSA) is 80.1 Å². The fourth-order valence-electron chi connectivity index (χ4n) is 4.55. The maximum Gasteiger partial charge on any atom is 0.252 e. The minimum Gasteiger partial charge on any atom is -0.352 e. The van der Waals surface area contributed by atoms with Crippen LogP contribution in [0, 0.1) is 0 Å². The number of para-hydroxylation sites is 3. The summed E-state index contributed by atoms with van der Waals surface area (Å²) >= 11 is 0. The molecule has 5 rings (SSSR count). The summed E-state index contributed by atoms with van der Waals surface area (Å²) in [6, 6.07) is 19.6. The fourth-order valence-corrected chi connectivity index (χ4v) is 4.55. The minimum atomic E-state index is -0.138. The van der Waals surface area contributed by atoms with E-state index in [0.29, 0.717) is 18.5 Å². The van der Waals surface area contributed by atoms with Gasteiger partial charge < -0.3 is 14.8 Å². The number of nitrogens with zero attached hydrogens (tertiary/aromatic N) is 4. The van der Waals surface area contributed by atoms with Crippen LogP contribution in [0.1, 0.15) is 34.6 Å². The number of amides is 2. The summed E-state index contributed by atoms with van der Waals surface area (Å²) in [5.74, 6) is 0.789. The second-order valence-corrected chi connectivity index (χ2v) is 8.48. The molecule has 2 aromatic carbocycles. The van der Waals surface area contributed by atoms with Gasteiger partial charge in [-0.15, -0.1) is 0 Å². The Morgan fingerprint density at radius 3 is 2.74 bits per heavy atom. The molecule has 34 heavy (non-hydrogen) atoms. The summed E-state index contributed by atoms with van der Waals surface area (Å²) in [5, 5.41) is 2.93. The molecule has 4 aromatic rings. The molecule has 0 radical (unpaired) electrons. The Morgan fingerprint density at radius 2 is 1.85 bits per heavy atom. The third-order valence-electron chi connectivity index (χ3n) is 6.22. The SMILES string of the molecule is O=C(NCCCc1nc2ccccc2n1CC(=O)N1CCCc2ccccc21)c1cccnc1. The molecule has 2 aromatic heterocycles. The van der Waals surface area contributed by atoms with E-state index in [1.165, 1.54) is 5.56 Å². The number of benzene rings is 2. The molecule has 3 heterocycles. The molecule has 0 saturated heterocycles. The molecule has 0 saturated carbocycles. The van der Waals surface area contributed by atoms with E-state index in [1.54, 1.807) is 24.5 Å². The number of aryl methyl sites for hydroxylation is 2. The Morgan fingerprint density at radius 1 is 1.00 bits per heavy atom. The van der Waals surface area contributed by atoms with Crippen LogP contribution in [0.15, 0.2) is 73.1 Å². The third-order valence-corrected chi connectivity index (χ3v) is 6.22. The van der Waals surface area contributed by atoms with Crippen LogP contribution in [-0.4, -0.2) is 39.4 Å². The normalized spacial score (nSPS) is 13.0. The lowest BCUT2D eigenvalue weighted by atomic mass is 10.0. The van der Waals surface area contributed by atoms with E-state index in [-0.39, 0.29) is 18.4 Å². The number of nitrogens with one attached hydrogen (secondary N) is 1. The molecule has 0 spiro atoms. The predicted molar refractivity (Wildman–Crippen MR) is 132 cm³/mol. The van der Waals surface area contributed by atoms with Gasteiger partial charge in [0.2, 0.25) is 5.91 Å². The van der Waals surface area contributed by atoms with Gasteiger partial charge in [-0.1, -0.05) is 30.3 Å². The first-order valence-electron chi connectivity index (χ1n) is 11.7. The number of hydrogen-bond donors (Lipinski definition) is 1. The Labute approximate surface area is 198 Å². The van der Waals surface area contributed by atoms with Crippen molar-refractivity contribution in [3.8, 4) is 0 Å². The molecule has 1 aliphatic rings. The number of pyridine rings is 1. The summed E-state index contributed by atoms with van der Waals surface area (Å²) < 4.78 is 2.03. The molecule has 7 heteroatoms. The molecule has 0 aliphatic carbocycles. The maximum atomic E-state index is 13.4. The lowest BCUT2D eigenvalue weighted by Gasteiger charge is -2.29. The molecule has 0 fully saturated rings. The van der Waals surface area contributed by atoms with Crippen molar-refractivity contribution in [1.82, 2.24) is 19.9 Å². The number of fused-ring (bicyclic) bond motifs is 2. The molecule has 0 bridgehead atoms. The van der Waals surface area contributed by atoms with Gasteiger partial charge in [-0.3, -0.25) is 14.6 Å². The van der Waals surface area contributed by atoms with Crippen LogP contribution in [0.4, 0.5) is 5.69 Å². The standard InChI is InChI=1S/C27H27N5O2/c33-26(31-17-7-10-20-8-1-3-12-23(20)31)19-32-24-13-4-2-11-22(24)30-25(32)14-6-16-29-27(34)21-9-5-15-28-18-21/h1-5,8-9,11-13,15,18H,6-7,10,14,16-17,19H2,(H,29,34). The zero-order chi connectivity index (χ0) is 23.3. The molecule has 1 aliphatic heterocycles. The Kier molecular flexibility index (Phi) is 6.33. The summed E-state index contributed by atoms with van der Waals surface area (Å²) in [6.45, 7) is 1.49. The van der Waals surface area contributed by atoms with Crippen LogP contribution in [0.5, 0.6) is 0 Å². The van der Waals surface area contributed by atoms with Crippen molar-refractivity contribution in [2.45, 2.75) is 32.2 Å². The number of hydrogen-bond acceptors (Lipinski definition) is 4. The van der Waals surface area contributed by atoms with Crippen molar-refractivity contribution in [1.29, 1.82) is 0 Å². The Bertz CT molecular complexity index is 1320. The van der Waals surface area contributed by atoms with E-state index in [1.807, 2.05) is 51.9 Å². The zero-order valence-corrected chi connectivity index (χ0v) is 19.0. The number of aromatic nitrogens is 3. The number of carbonyl (C=O) groups is 2. The van der Waals surface area contributed by atoms with E-state index in [0.717, 1.165) is 48.4 Å². The van der Waals surface area contributed by atoms with Crippen molar-refractivity contribution in [2.75, 3.05) is 18.0 Å². The molecular weight excluding hydrogens is 426 g/mol. The van der Waals surface area contributed by atoms with Gasteiger partial charge in [0.05, 0.1) is 16.6 Å². The van der Waals surface area contributed by atoms with Gasteiger partial charge in [0.25, 0.3) is 5.91 Å². The maximum absolute atomic E-state index is 13.4. The first-order valence-corrected chi connectivity index (χ1v) is 11.7. The van der Waals surface area contributed by atoms with Crippen LogP contribution >= 0.6 is 0 Å². The number of rotatable bonds is 7. The summed E-state index contributed by atoms with van der Waals surface area (Å²) in [6.07, 6.45) is 6.55. The van der Waals surface area contributed by atoms with E-state index in [9.17, 15) is 9.59 Å². The van der Waals surface area contributed by atoms with E-state index >= 15 is 0 Å². The van der Waals surface area contributed by atoms with E-state index in [4.69, 9.17) is 4.98 Å². The van der Waals surface area contributed by atoms with Crippen LogP contribution in [-0.2, 0) is 24.2 Å². The quantitative estimate of drug-likeness (QED) is 0.432. The van der Waals surface area contributed by atoms with Crippen molar-refractivity contribution >= 4 is 28.5 Å². The molecule has 1 N–H and O–H groups in total. The van der Waals surface area contributed by atoms with E-state index in [2.05, 4.69) is 16.4 Å². The molecule has 172 valence electrons. The number of carbonyl (C=O) groups excluding carboxylic acids is 2. The fraction of sp³-hybridized carbons (Fsp3) is 0.259. The van der Waals surface area contributed by atoms with Crippen LogP contribution in [0.2, 0.25) is 0 Å². The van der Waals surface area contributed by atoms with Crippen molar-refractivity contribution < 1.29 is 9.59 Å². The first-order chi connectivity index (χ1) is 16.7. The summed E-state index contributed by atoms with van der Waals surface area (Å²) in [4.78, 5) is 36.4. The highest BCUT2D eigenvalue weighted by Gasteiger charge is 2.23. The average molecular weight is 454 g/mol. The first kappa shape index (κ1) is 21.8. The lowest BCUT2D eigenvalue weighted by Crippen LogP contribution is -2.38. The highest BCUT2D eigenvalue weighted by molar-refractivity contribution is 5.95. The predicted octanol–water partition coefficient (Wildman–Crippen LogP) is 3.77.